The molecule has 0 saturated heterocycles. The van der Waals surface area contributed by atoms with Gasteiger partial charge in [-0.15, -0.1) is 0 Å². The van der Waals surface area contributed by atoms with Gasteiger partial charge in [0.25, 0.3) is 0 Å². The van der Waals surface area contributed by atoms with E-state index in [2.05, 4.69) is 24.5 Å². The predicted molar refractivity (Wildman–Crippen MR) is 71.2 cm³/mol. The summed E-state index contributed by atoms with van der Waals surface area (Å²) in [5.41, 5.74) is 11.1. The zero-order valence-corrected chi connectivity index (χ0v) is 11.1. The lowest BCUT2D eigenvalue weighted by Gasteiger charge is -2.45. The zero-order valence-electron chi connectivity index (χ0n) is 11.1. The highest BCUT2D eigenvalue weighted by Crippen LogP contribution is 2.46. The quantitative estimate of drug-likeness (QED) is 0.832. The van der Waals surface area contributed by atoms with Crippen LogP contribution in [-0.2, 0) is 12.0 Å². The molecule has 1 unspecified atom stereocenters. The lowest BCUT2D eigenvalue weighted by molar-refractivity contribution is 0.129. The molecule has 1 fully saturated rings. The molecule has 17 heavy (non-hydrogen) atoms. The van der Waals surface area contributed by atoms with Crippen molar-refractivity contribution in [2.75, 3.05) is 0 Å². The van der Waals surface area contributed by atoms with Crippen molar-refractivity contribution in [3.63, 3.8) is 0 Å². The molecule has 2 N–H and O–H groups in total. The topological polar surface area (TPSA) is 30.9 Å². The van der Waals surface area contributed by atoms with E-state index < -0.39 is 0 Å². The molecule has 1 heterocycles. The molecule has 1 saturated carbocycles. The van der Waals surface area contributed by atoms with Gasteiger partial charge in [-0.05, 0) is 63.5 Å². The van der Waals surface area contributed by atoms with E-state index >= 15 is 0 Å². The summed E-state index contributed by atoms with van der Waals surface area (Å²) in [6, 6.07) is 2.64. The number of nitrogens with two attached hydrogens (primary N) is 1. The molecular weight excluding hydrogens is 208 g/mol. The Bertz CT molecular complexity index is 421. The third-order valence-electron chi connectivity index (χ3n) is 5.07. The van der Waals surface area contributed by atoms with E-state index in [0.717, 1.165) is 6.42 Å². The fourth-order valence-corrected chi connectivity index (χ4v) is 3.92. The maximum Gasteiger partial charge on any atom is 0.0442 e. The summed E-state index contributed by atoms with van der Waals surface area (Å²) >= 11 is 0. The molecule has 1 atom stereocenters. The number of aryl methyl sites for hydroxylation is 1. The monoisotopic (exact) mass is 232 g/mol. The number of rotatable bonds is 2. The molecule has 0 amide bonds. The normalized spacial score (nSPS) is 26.4. The van der Waals surface area contributed by atoms with E-state index in [9.17, 15) is 0 Å². The van der Waals surface area contributed by atoms with Gasteiger partial charge in [0.2, 0.25) is 0 Å². The van der Waals surface area contributed by atoms with Crippen LogP contribution in [0.5, 0.6) is 0 Å². The Balaban J connectivity index is 2.10. The molecule has 1 aromatic heterocycles. The van der Waals surface area contributed by atoms with Crippen LogP contribution < -0.4 is 5.73 Å². The van der Waals surface area contributed by atoms with Gasteiger partial charge in [0, 0.05) is 23.0 Å². The molecular formula is C15H24N2. The summed E-state index contributed by atoms with van der Waals surface area (Å²) in [7, 11) is 0. The Labute approximate surface area is 104 Å². The third kappa shape index (κ3) is 1.50. The Morgan fingerprint density at radius 3 is 2.76 bits per heavy atom. The van der Waals surface area contributed by atoms with Gasteiger partial charge in [0.05, 0.1) is 0 Å². The predicted octanol–water partition coefficient (Wildman–Crippen LogP) is 3.42. The fourth-order valence-electron chi connectivity index (χ4n) is 3.92. The molecule has 3 rings (SSSR count). The molecule has 0 aromatic carbocycles. The van der Waals surface area contributed by atoms with Crippen molar-refractivity contribution in [3.05, 3.63) is 23.0 Å². The standard InChI is InChI=1S/C15H24N2/c1-3-15(8-5-9-15)17-11(2)10-12-13(16)6-4-7-14(12)17/h10,13H,3-9,16H2,1-2H3. The summed E-state index contributed by atoms with van der Waals surface area (Å²) in [5, 5.41) is 0. The first-order valence-corrected chi connectivity index (χ1v) is 7.15. The molecule has 1 aromatic rings. The van der Waals surface area contributed by atoms with Crippen LogP contribution in [0.3, 0.4) is 0 Å². The maximum atomic E-state index is 6.26. The minimum Gasteiger partial charge on any atom is -0.343 e. The van der Waals surface area contributed by atoms with Crippen molar-refractivity contribution in [2.24, 2.45) is 5.73 Å². The highest BCUT2D eigenvalue weighted by atomic mass is 15.1. The SMILES string of the molecule is CCC1(n2c(C)cc3c2CCCC3N)CCC1. The van der Waals surface area contributed by atoms with Crippen LogP contribution in [0, 0.1) is 6.92 Å². The van der Waals surface area contributed by atoms with Gasteiger partial charge in [0.1, 0.15) is 0 Å². The van der Waals surface area contributed by atoms with Gasteiger partial charge >= 0.3 is 0 Å². The van der Waals surface area contributed by atoms with Crippen LogP contribution in [0.4, 0.5) is 0 Å². The van der Waals surface area contributed by atoms with E-state index in [1.54, 1.807) is 5.69 Å². The van der Waals surface area contributed by atoms with E-state index in [1.807, 2.05) is 0 Å². The largest absolute Gasteiger partial charge is 0.343 e. The number of fused-ring (bicyclic) bond motifs is 1. The Kier molecular flexibility index (Phi) is 2.58. The van der Waals surface area contributed by atoms with Gasteiger partial charge in [-0.25, -0.2) is 0 Å². The fraction of sp³-hybridized carbons (Fsp3) is 0.733. The molecule has 2 aliphatic rings. The van der Waals surface area contributed by atoms with Crippen LogP contribution in [-0.4, -0.2) is 4.57 Å². The number of aromatic nitrogens is 1. The van der Waals surface area contributed by atoms with Crippen molar-refractivity contribution in [1.82, 2.24) is 4.57 Å². The van der Waals surface area contributed by atoms with E-state index in [4.69, 9.17) is 5.73 Å². The second-order valence-electron chi connectivity index (χ2n) is 5.95. The average Bonchev–Trinajstić information content (AvgIpc) is 2.58. The molecule has 0 aliphatic heterocycles. The number of hydrogen-bond acceptors (Lipinski definition) is 1. The highest BCUT2D eigenvalue weighted by Gasteiger charge is 2.40. The summed E-state index contributed by atoms with van der Waals surface area (Å²) in [6.45, 7) is 4.61. The van der Waals surface area contributed by atoms with E-state index in [1.165, 1.54) is 49.8 Å². The van der Waals surface area contributed by atoms with Crippen LogP contribution in [0.25, 0.3) is 0 Å². The Morgan fingerprint density at radius 2 is 2.18 bits per heavy atom. The summed E-state index contributed by atoms with van der Waals surface area (Å²) in [4.78, 5) is 0. The van der Waals surface area contributed by atoms with Crippen molar-refractivity contribution < 1.29 is 0 Å². The van der Waals surface area contributed by atoms with Gasteiger partial charge in [-0.1, -0.05) is 6.92 Å². The van der Waals surface area contributed by atoms with Gasteiger partial charge in [0.15, 0.2) is 0 Å². The lowest BCUT2D eigenvalue weighted by Crippen LogP contribution is -2.42. The van der Waals surface area contributed by atoms with Crippen LogP contribution in [0.2, 0.25) is 0 Å². The first kappa shape index (κ1) is 11.3. The average molecular weight is 232 g/mol. The number of hydrogen-bond donors (Lipinski definition) is 1. The summed E-state index contributed by atoms with van der Waals surface area (Å²) in [5.74, 6) is 0. The molecule has 2 aliphatic carbocycles. The van der Waals surface area contributed by atoms with Crippen LogP contribution in [0.1, 0.15) is 68.4 Å². The van der Waals surface area contributed by atoms with Crippen molar-refractivity contribution in [2.45, 2.75) is 70.4 Å². The molecule has 0 radical (unpaired) electrons. The van der Waals surface area contributed by atoms with Crippen molar-refractivity contribution in [1.29, 1.82) is 0 Å². The van der Waals surface area contributed by atoms with Crippen molar-refractivity contribution in [3.8, 4) is 0 Å². The van der Waals surface area contributed by atoms with E-state index in [0.29, 0.717) is 5.54 Å². The first-order valence-electron chi connectivity index (χ1n) is 7.15. The molecule has 0 spiro atoms. The van der Waals surface area contributed by atoms with Crippen LogP contribution >= 0.6 is 0 Å². The molecule has 0 bridgehead atoms. The van der Waals surface area contributed by atoms with Gasteiger partial charge in [-0.2, -0.15) is 0 Å². The van der Waals surface area contributed by atoms with E-state index in [-0.39, 0.29) is 6.04 Å². The van der Waals surface area contributed by atoms with Gasteiger partial charge in [-0.3, -0.25) is 0 Å². The Hall–Kier alpha value is -0.760. The van der Waals surface area contributed by atoms with Crippen molar-refractivity contribution >= 4 is 0 Å². The molecule has 94 valence electrons. The summed E-state index contributed by atoms with van der Waals surface area (Å²) < 4.78 is 2.66. The first-order chi connectivity index (χ1) is 8.18. The second kappa shape index (κ2) is 3.88. The lowest BCUT2D eigenvalue weighted by atomic mass is 9.74. The second-order valence-corrected chi connectivity index (χ2v) is 5.95. The minimum atomic E-state index is 0.285. The minimum absolute atomic E-state index is 0.285. The number of nitrogens with zero attached hydrogens (tertiary/aromatic N) is 1. The molecule has 2 nitrogen and oxygen atoms in total. The molecule has 2 heteroatoms. The zero-order chi connectivity index (χ0) is 12.0. The maximum absolute atomic E-state index is 6.26. The highest BCUT2D eigenvalue weighted by molar-refractivity contribution is 5.34. The van der Waals surface area contributed by atoms with Gasteiger partial charge < -0.3 is 10.3 Å². The Morgan fingerprint density at radius 1 is 1.41 bits per heavy atom. The smallest absolute Gasteiger partial charge is 0.0442 e. The summed E-state index contributed by atoms with van der Waals surface area (Å²) in [6.07, 6.45) is 9.05. The van der Waals surface area contributed by atoms with Crippen LogP contribution in [0.15, 0.2) is 6.07 Å². The third-order valence-corrected chi connectivity index (χ3v) is 5.07.